The summed E-state index contributed by atoms with van der Waals surface area (Å²) in [5, 5.41) is 2.96. The Morgan fingerprint density at radius 2 is 1.77 bits per heavy atom. The van der Waals surface area contributed by atoms with E-state index >= 15 is 0 Å². The Hall–Kier alpha value is -1.73. The molecule has 0 bridgehead atoms. The van der Waals surface area contributed by atoms with Gasteiger partial charge in [0, 0.05) is 27.4 Å². The normalized spacial score (nSPS) is 10.4. The smallest absolute Gasteiger partial charge is 0.261 e. The molecule has 3 rings (SSSR count). The van der Waals surface area contributed by atoms with Gasteiger partial charge in [-0.1, -0.05) is 12.1 Å². The van der Waals surface area contributed by atoms with E-state index in [1.54, 1.807) is 12.4 Å². The number of halogens is 1. The summed E-state index contributed by atoms with van der Waals surface area (Å²) in [5.41, 5.74) is 2.18. The molecule has 3 aromatic rings. The number of hydrogen-bond donors (Lipinski definition) is 1. The molecule has 2 heterocycles. The maximum Gasteiger partial charge on any atom is 0.261 e. The van der Waals surface area contributed by atoms with Crippen molar-refractivity contribution in [1.82, 2.24) is 10.3 Å². The van der Waals surface area contributed by atoms with Crippen molar-refractivity contribution in [3.05, 3.63) is 74.9 Å². The highest BCUT2D eigenvalue weighted by molar-refractivity contribution is 14.1. The summed E-state index contributed by atoms with van der Waals surface area (Å²) >= 11 is 3.76. The lowest BCUT2D eigenvalue weighted by atomic mass is 10.2. The molecule has 1 amide bonds. The molecule has 2 aromatic heterocycles. The minimum atomic E-state index is -0.0381. The molecule has 0 fully saturated rings. The predicted molar refractivity (Wildman–Crippen MR) is 97.9 cm³/mol. The van der Waals surface area contributed by atoms with Crippen LogP contribution in [0.3, 0.4) is 0 Å². The predicted octanol–water partition coefficient (Wildman–Crippen LogP) is 4.34. The van der Waals surface area contributed by atoms with Crippen molar-refractivity contribution in [2.24, 2.45) is 0 Å². The van der Waals surface area contributed by atoms with Crippen LogP contribution in [-0.2, 0) is 6.54 Å². The average molecular weight is 420 g/mol. The van der Waals surface area contributed by atoms with E-state index in [4.69, 9.17) is 0 Å². The van der Waals surface area contributed by atoms with Crippen LogP contribution in [0, 0.1) is 3.57 Å². The molecule has 1 N–H and O–H groups in total. The Balaban J connectivity index is 1.66. The third-order valence-corrected chi connectivity index (χ3v) is 5.01. The summed E-state index contributed by atoms with van der Waals surface area (Å²) in [5.74, 6) is -0.0381. The topological polar surface area (TPSA) is 42.0 Å². The average Bonchev–Trinajstić information content (AvgIpc) is 3.05. The van der Waals surface area contributed by atoms with Crippen LogP contribution in [0.15, 0.2) is 60.9 Å². The summed E-state index contributed by atoms with van der Waals surface area (Å²) in [7, 11) is 0. The highest BCUT2D eigenvalue weighted by atomic mass is 127. The second kappa shape index (κ2) is 7.02. The van der Waals surface area contributed by atoms with E-state index < -0.39 is 0 Å². The second-order valence-corrected chi connectivity index (χ2v) is 7.04. The molecule has 0 unspecified atom stereocenters. The Labute approximate surface area is 146 Å². The monoisotopic (exact) mass is 420 g/mol. The molecule has 0 saturated heterocycles. The van der Waals surface area contributed by atoms with Gasteiger partial charge in [0.25, 0.3) is 5.91 Å². The fraction of sp³-hybridized carbons (Fsp3) is 0.0588. The van der Waals surface area contributed by atoms with Gasteiger partial charge < -0.3 is 5.32 Å². The van der Waals surface area contributed by atoms with Crippen molar-refractivity contribution in [1.29, 1.82) is 0 Å². The molecular weight excluding hydrogens is 407 g/mol. The first kappa shape index (κ1) is 15.2. The van der Waals surface area contributed by atoms with Crippen molar-refractivity contribution in [2.75, 3.05) is 0 Å². The number of aromatic nitrogens is 1. The zero-order valence-electron chi connectivity index (χ0n) is 11.6. The Morgan fingerprint density at radius 3 is 2.50 bits per heavy atom. The number of thiophene rings is 1. The van der Waals surface area contributed by atoms with Crippen LogP contribution in [-0.4, -0.2) is 10.9 Å². The van der Waals surface area contributed by atoms with E-state index in [9.17, 15) is 4.79 Å². The number of carbonyl (C=O) groups is 1. The number of rotatable bonds is 4. The van der Waals surface area contributed by atoms with Gasteiger partial charge in [-0.25, -0.2) is 0 Å². The molecule has 0 aliphatic heterocycles. The minimum absolute atomic E-state index is 0.0381. The van der Waals surface area contributed by atoms with Gasteiger partial charge in [-0.2, -0.15) is 0 Å². The third kappa shape index (κ3) is 3.72. The van der Waals surface area contributed by atoms with Crippen LogP contribution in [0.5, 0.6) is 0 Å². The maximum absolute atomic E-state index is 12.2. The lowest BCUT2D eigenvalue weighted by molar-refractivity contribution is 0.0955. The number of nitrogens with one attached hydrogen (secondary N) is 1. The van der Waals surface area contributed by atoms with Crippen LogP contribution in [0.4, 0.5) is 0 Å². The van der Waals surface area contributed by atoms with E-state index in [0.717, 1.165) is 20.9 Å². The van der Waals surface area contributed by atoms with Crippen molar-refractivity contribution in [3.63, 3.8) is 0 Å². The largest absolute Gasteiger partial charge is 0.347 e. The molecule has 0 saturated carbocycles. The first-order valence-electron chi connectivity index (χ1n) is 6.75. The van der Waals surface area contributed by atoms with E-state index in [1.165, 1.54) is 14.9 Å². The molecule has 0 aliphatic carbocycles. The van der Waals surface area contributed by atoms with Crippen LogP contribution in [0.25, 0.3) is 10.4 Å². The Kier molecular flexibility index (Phi) is 4.84. The number of nitrogens with zero attached hydrogens (tertiary/aromatic N) is 1. The van der Waals surface area contributed by atoms with Crippen molar-refractivity contribution in [2.45, 2.75) is 6.54 Å². The second-order valence-electron chi connectivity index (χ2n) is 4.71. The van der Waals surface area contributed by atoms with Gasteiger partial charge >= 0.3 is 0 Å². The summed E-state index contributed by atoms with van der Waals surface area (Å²) in [6.07, 6.45) is 3.51. The van der Waals surface area contributed by atoms with E-state index in [-0.39, 0.29) is 5.91 Å². The van der Waals surface area contributed by atoms with Crippen LogP contribution < -0.4 is 5.32 Å². The van der Waals surface area contributed by atoms with E-state index in [0.29, 0.717) is 6.54 Å². The number of benzene rings is 1. The van der Waals surface area contributed by atoms with Gasteiger partial charge in [-0.15, -0.1) is 11.3 Å². The van der Waals surface area contributed by atoms with Crippen molar-refractivity contribution >= 4 is 39.8 Å². The van der Waals surface area contributed by atoms with Crippen molar-refractivity contribution in [3.8, 4) is 10.4 Å². The Morgan fingerprint density at radius 1 is 1.05 bits per heavy atom. The number of pyridine rings is 1. The maximum atomic E-state index is 12.2. The summed E-state index contributed by atoms with van der Waals surface area (Å²) in [6.45, 7) is 0.540. The molecule has 1 aromatic carbocycles. The van der Waals surface area contributed by atoms with Crippen molar-refractivity contribution < 1.29 is 4.79 Å². The molecule has 0 radical (unpaired) electrons. The molecule has 5 heteroatoms. The van der Waals surface area contributed by atoms with Gasteiger partial charge in [-0.05, 0) is 70.1 Å². The zero-order valence-corrected chi connectivity index (χ0v) is 14.6. The lowest BCUT2D eigenvalue weighted by Crippen LogP contribution is -2.21. The molecule has 0 aliphatic rings. The highest BCUT2D eigenvalue weighted by Gasteiger charge is 2.10. The van der Waals surface area contributed by atoms with E-state index in [1.807, 2.05) is 48.5 Å². The standard InChI is InChI=1S/C17H13IN2OS/c18-14-3-1-12(2-4-14)11-20-17(21)16-6-5-15(22-16)13-7-9-19-10-8-13/h1-10H,11H2,(H,20,21). The first-order chi connectivity index (χ1) is 10.7. The molecule has 0 spiro atoms. The Bertz CT molecular complexity index is 769. The summed E-state index contributed by atoms with van der Waals surface area (Å²) < 4.78 is 1.19. The molecular formula is C17H13IN2OS. The lowest BCUT2D eigenvalue weighted by Gasteiger charge is -2.04. The zero-order chi connectivity index (χ0) is 15.4. The minimum Gasteiger partial charge on any atom is -0.347 e. The number of amides is 1. The molecule has 3 nitrogen and oxygen atoms in total. The molecule has 110 valence electrons. The van der Waals surface area contributed by atoms with Crippen LogP contribution in [0.2, 0.25) is 0 Å². The van der Waals surface area contributed by atoms with E-state index in [2.05, 4.69) is 32.9 Å². The molecule has 22 heavy (non-hydrogen) atoms. The quantitative estimate of drug-likeness (QED) is 0.638. The third-order valence-electron chi connectivity index (χ3n) is 3.16. The molecule has 0 atom stereocenters. The van der Waals surface area contributed by atoms with Gasteiger partial charge in [-0.3, -0.25) is 9.78 Å². The van der Waals surface area contributed by atoms with Gasteiger partial charge in [0.2, 0.25) is 0 Å². The summed E-state index contributed by atoms with van der Waals surface area (Å²) in [6, 6.07) is 15.9. The summed E-state index contributed by atoms with van der Waals surface area (Å²) in [4.78, 5) is 18.0. The highest BCUT2D eigenvalue weighted by Crippen LogP contribution is 2.27. The van der Waals surface area contributed by atoms with Crippen LogP contribution >= 0.6 is 33.9 Å². The SMILES string of the molecule is O=C(NCc1ccc(I)cc1)c1ccc(-c2ccncc2)s1. The van der Waals surface area contributed by atoms with Crippen LogP contribution in [0.1, 0.15) is 15.2 Å². The van der Waals surface area contributed by atoms with Gasteiger partial charge in [0.05, 0.1) is 4.88 Å². The fourth-order valence-electron chi connectivity index (χ4n) is 2.00. The number of hydrogen-bond acceptors (Lipinski definition) is 3. The van der Waals surface area contributed by atoms with Gasteiger partial charge in [0.15, 0.2) is 0 Å². The first-order valence-corrected chi connectivity index (χ1v) is 8.65. The van der Waals surface area contributed by atoms with Gasteiger partial charge in [0.1, 0.15) is 0 Å². The fourth-order valence-corrected chi connectivity index (χ4v) is 3.29. The number of carbonyl (C=O) groups excluding carboxylic acids is 1.